The number of halogens is 2. The van der Waals surface area contributed by atoms with Crippen LogP contribution in [0.2, 0.25) is 5.02 Å². The van der Waals surface area contributed by atoms with Gasteiger partial charge >= 0.3 is 0 Å². The molecule has 1 fully saturated rings. The van der Waals surface area contributed by atoms with Crippen molar-refractivity contribution in [3.05, 3.63) is 70.5 Å². The van der Waals surface area contributed by atoms with Gasteiger partial charge in [-0.3, -0.25) is 4.79 Å². The second-order valence-corrected chi connectivity index (χ2v) is 6.69. The zero-order valence-corrected chi connectivity index (χ0v) is 14.0. The summed E-state index contributed by atoms with van der Waals surface area (Å²) in [6.45, 7) is 0.841. The predicted octanol–water partition coefficient (Wildman–Crippen LogP) is 3.46. The minimum atomic E-state index is -0.417. The Morgan fingerprint density at radius 2 is 1.83 bits per heavy atom. The Kier molecular flexibility index (Phi) is 5.48. The lowest BCUT2D eigenvalue weighted by Crippen LogP contribution is -2.52. The van der Waals surface area contributed by atoms with Crippen molar-refractivity contribution in [2.45, 2.75) is 37.9 Å². The summed E-state index contributed by atoms with van der Waals surface area (Å²) in [4.78, 5) is 12.0. The summed E-state index contributed by atoms with van der Waals surface area (Å²) in [7, 11) is 0. The molecule has 1 amide bonds. The summed E-state index contributed by atoms with van der Waals surface area (Å²) in [6.07, 6.45) is 1.99. The van der Waals surface area contributed by atoms with Crippen LogP contribution in [0.15, 0.2) is 48.5 Å². The maximum atomic E-state index is 13.3. The average Bonchev–Trinajstić information content (AvgIpc) is 2.49. The van der Waals surface area contributed by atoms with Gasteiger partial charge in [0, 0.05) is 23.7 Å². The molecular formula is C19H20ClFN2O. The Balaban J connectivity index is 1.38. The van der Waals surface area contributed by atoms with E-state index in [9.17, 15) is 9.18 Å². The van der Waals surface area contributed by atoms with E-state index in [0.717, 1.165) is 19.4 Å². The van der Waals surface area contributed by atoms with E-state index >= 15 is 0 Å². The molecule has 1 aliphatic carbocycles. The molecule has 0 saturated heterocycles. The molecule has 0 spiro atoms. The Hall–Kier alpha value is -1.91. The van der Waals surface area contributed by atoms with Gasteiger partial charge in [0.25, 0.3) is 0 Å². The zero-order chi connectivity index (χ0) is 16.9. The van der Waals surface area contributed by atoms with Gasteiger partial charge in [0.05, 0.1) is 6.42 Å². The number of hydrogen-bond donors (Lipinski definition) is 2. The average molecular weight is 347 g/mol. The Morgan fingerprint density at radius 1 is 1.08 bits per heavy atom. The van der Waals surface area contributed by atoms with Crippen molar-refractivity contribution in [2.75, 3.05) is 0 Å². The lowest BCUT2D eigenvalue weighted by Gasteiger charge is -2.36. The summed E-state index contributed by atoms with van der Waals surface area (Å²) in [5.41, 5.74) is 1.85. The fourth-order valence-corrected chi connectivity index (χ4v) is 3.18. The molecule has 0 bridgehead atoms. The molecule has 2 aromatic rings. The van der Waals surface area contributed by atoms with Crippen LogP contribution in [0.25, 0.3) is 0 Å². The lowest BCUT2D eigenvalue weighted by molar-refractivity contribution is -0.121. The summed E-state index contributed by atoms with van der Waals surface area (Å²) in [5, 5.41) is 6.78. The number of nitrogens with one attached hydrogen (secondary N) is 2. The van der Waals surface area contributed by atoms with Gasteiger partial charge in [-0.15, -0.1) is 0 Å². The van der Waals surface area contributed by atoms with E-state index in [1.807, 2.05) is 18.2 Å². The third-order valence-electron chi connectivity index (χ3n) is 4.23. The van der Waals surface area contributed by atoms with Gasteiger partial charge in [0.1, 0.15) is 5.82 Å². The van der Waals surface area contributed by atoms with E-state index in [0.29, 0.717) is 16.6 Å². The topological polar surface area (TPSA) is 41.1 Å². The quantitative estimate of drug-likeness (QED) is 0.841. The molecule has 126 valence electrons. The molecule has 3 rings (SSSR count). The molecule has 1 saturated carbocycles. The molecule has 0 heterocycles. The fraction of sp³-hybridized carbons (Fsp3) is 0.316. The Labute approximate surface area is 146 Å². The SMILES string of the molecule is O=C(Cc1cc(F)cc(Cl)c1)NC1CC(NCc2ccccc2)C1. The molecule has 0 radical (unpaired) electrons. The van der Waals surface area contributed by atoms with Gasteiger partial charge in [0.15, 0.2) is 0 Å². The van der Waals surface area contributed by atoms with Crippen molar-refractivity contribution in [3.8, 4) is 0 Å². The van der Waals surface area contributed by atoms with E-state index < -0.39 is 5.82 Å². The van der Waals surface area contributed by atoms with Crippen molar-refractivity contribution in [1.82, 2.24) is 10.6 Å². The van der Waals surface area contributed by atoms with Crippen LogP contribution >= 0.6 is 11.6 Å². The zero-order valence-electron chi connectivity index (χ0n) is 13.3. The van der Waals surface area contributed by atoms with Gasteiger partial charge in [-0.1, -0.05) is 41.9 Å². The van der Waals surface area contributed by atoms with Crippen LogP contribution in [0.5, 0.6) is 0 Å². The molecular weight excluding hydrogens is 327 g/mol. The Morgan fingerprint density at radius 3 is 2.54 bits per heavy atom. The van der Waals surface area contributed by atoms with Gasteiger partial charge in [0.2, 0.25) is 5.91 Å². The first kappa shape index (κ1) is 16.9. The number of rotatable bonds is 6. The summed E-state index contributed by atoms with van der Waals surface area (Å²) < 4.78 is 13.3. The van der Waals surface area contributed by atoms with E-state index in [4.69, 9.17) is 11.6 Å². The highest BCUT2D eigenvalue weighted by Gasteiger charge is 2.29. The van der Waals surface area contributed by atoms with E-state index in [1.165, 1.54) is 17.7 Å². The van der Waals surface area contributed by atoms with E-state index in [-0.39, 0.29) is 18.4 Å². The second-order valence-electron chi connectivity index (χ2n) is 6.25. The van der Waals surface area contributed by atoms with Crippen LogP contribution in [0.4, 0.5) is 4.39 Å². The molecule has 2 N–H and O–H groups in total. The molecule has 1 aliphatic rings. The first-order valence-corrected chi connectivity index (χ1v) is 8.48. The number of amides is 1. The van der Waals surface area contributed by atoms with Crippen LogP contribution in [0.1, 0.15) is 24.0 Å². The molecule has 5 heteroatoms. The van der Waals surface area contributed by atoms with Crippen LogP contribution < -0.4 is 10.6 Å². The summed E-state index contributed by atoms with van der Waals surface area (Å²) in [5.74, 6) is -0.512. The van der Waals surface area contributed by atoms with Crippen LogP contribution in [-0.2, 0) is 17.8 Å². The third kappa shape index (κ3) is 4.79. The highest BCUT2D eigenvalue weighted by atomic mass is 35.5. The molecule has 3 nitrogen and oxygen atoms in total. The second kappa shape index (κ2) is 7.77. The minimum Gasteiger partial charge on any atom is -0.353 e. The van der Waals surface area contributed by atoms with Crippen LogP contribution in [-0.4, -0.2) is 18.0 Å². The number of hydrogen-bond acceptors (Lipinski definition) is 2. The van der Waals surface area contributed by atoms with Gasteiger partial charge < -0.3 is 10.6 Å². The van der Waals surface area contributed by atoms with Gasteiger partial charge in [-0.2, -0.15) is 0 Å². The molecule has 0 aromatic heterocycles. The monoisotopic (exact) mass is 346 g/mol. The largest absolute Gasteiger partial charge is 0.353 e. The van der Waals surface area contributed by atoms with Crippen molar-refractivity contribution in [1.29, 1.82) is 0 Å². The van der Waals surface area contributed by atoms with Crippen molar-refractivity contribution in [2.24, 2.45) is 0 Å². The maximum absolute atomic E-state index is 13.3. The van der Waals surface area contributed by atoms with Crippen LogP contribution in [0.3, 0.4) is 0 Å². The van der Waals surface area contributed by atoms with E-state index in [2.05, 4.69) is 22.8 Å². The lowest BCUT2D eigenvalue weighted by atomic mass is 9.86. The molecule has 0 aliphatic heterocycles. The summed E-state index contributed by atoms with van der Waals surface area (Å²) in [6, 6.07) is 15.1. The highest BCUT2D eigenvalue weighted by molar-refractivity contribution is 6.30. The number of carbonyl (C=O) groups is 1. The fourth-order valence-electron chi connectivity index (χ4n) is 2.94. The third-order valence-corrected chi connectivity index (χ3v) is 4.45. The normalized spacial score (nSPS) is 19.6. The van der Waals surface area contributed by atoms with Crippen LogP contribution in [0, 0.1) is 5.82 Å². The first-order chi connectivity index (χ1) is 11.6. The molecule has 0 unspecified atom stereocenters. The first-order valence-electron chi connectivity index (χ1n) is 8.10. The number of carbonyl (C=O) groups excluding carboxylic acids is 1. The highest BCUT2D eigenvalue weighted by Crippen LogP contribution is 2.21. The van der Waals surface area contributed by atoms with Gasteiger partial charge in [-0.25, -0.2) is 4.39 Å². The smallest absolute Gasteiger partial charge is 0.224 e. The molecule has 0 atom stereocenters. The van der Waals surface area contributed by atoms with E-state index in [1.54, 1.807) is 6.07 Å². The van der Waals surface area contributed by atoms with Gasteiger partial charge in [-0.05, 0) is 42.2 Å². The minimum absolute atomic E-state index is 0.0943. The summed E-state index contributed by atoms with van der Waals surface area (Å²) >= 11 is 5.80. The standard InChI is InChI=1S/C19H20ClFN2O/c20-15-6-14(7-16(21)9-15)8-19(24)23-18-10-17(11-18)22-12-13-4-2-1-3-5-13/h1-7,9,17-18,22H,8,10-12H2,(H,23,24). The molecule has 24 heavy (non-hydrogen) atoms. The van der Waals surface area contributed by atoms with Crippen molar-refractivity contribution >= 4 is 17.5 Å². The maximum Gasteiger partial charge on any atom is 0.224 e. The van der Waals surface area contributed by atoms with Crippen molar-refractivity contribution in [3.63, 3.8) is 0 Å². The predicted molar refractivity (Wildman–Crippen MR) is 93.3 cm³/mol. The Bertz CT molecular complexity index is 682. The number of benzene rings is 2. The van der Waals surface area contributed by atoms with Crippen molar-refractivity contribution < 1.29 is 9.18 Å². The molecule has 2 aromatic carbocycles.